The van der Waals surface area contributed by atoms with Crippen LogP contribution < -0.4 is 0 Å². The van der Waals surface area contributed by atoms with Crippen molar-refractivity contribution in [3.05, 3.63) is 65.7 Å². The molecule has 2 aromatic heterocycles. The second-order valence-corrected chi connectivity index (χ2v) is 6.69. The molecule has 0 bridgehead atoms. The third-order valence-electron chi connectivity index (χ3n) is 5.09. The van der Waals surface area contributed by atoms with E-state index in [2.05, 4.69) is 51.6 Å². The molecule has 0 spiro atoms. The Kier molecular flexibility index (Phi) is 4.48. The summed E-state index contributed by atoms with van der Waals surface area (Å²) < 4.78 is 0. The summed E-state index contributed by atoms with van der Waals surface area (Å²) in [5.74, 6) is 0.332. The fourth-order valence-corrected chi connectivity index (χ4v) is 3.65. The Balaban J connectivity index is 1.49. The monoisotopic (exact) mass is 347 g/mol. The molecule has 6 nitrogen and oxygen atoms in total. The number of nitrogens with zero attached hydrogens (tertiary/aromatic N) is 4. The van der Waals surface area contributed by atoms with Crippen molar-refractivity contribution >= 4 is 5.91 Å². The average Bonchev–Trinajstić information content (AvgIpc) is 3.18. The largest absolute Gasteiger partial charge is 0.337 e. The lowest BCUT2D eigenvalue weighted by molar-refractivity contribution is 0.0705. The van der Waals surface area contributed by atoms with Gasteiger partial charge in [0, 0.05) is 36.5 Å². The van der Waals surface area contributed by atoms with Gasteiger partial charge >= 0.3 is 0 Å². The zero-order valence-electron chi connectivity index (χ0n) is 14.7. The molecule has 1 N–H and O–H groups in total. The lowest BCUT2D eigenvalue weighted by Crippen LogP contribution is -2.38. The van der Waals surface area contributed by atoms with Crippen molar-refractivity contribution in [3.63, 3.8) is 0 Å². The first kappa shape index (κ1) is 16.4. The first-order valence-electron chi connectivity index (χ1n) is 8.90. The molecule has 1 amide bonds. The summed E-state index contributed by atoms with van der Waals surface area (Å²) in [4.78, 5) is 14.4. The van der Waals surface area contributed by atoms with Crippen molar-refractivity contribution < 1.29 is 4.79 Å². The van der Waals surface area contributed by atoms with Gasteiger partial charge in [-0.3, -0.25) is 9.89 Å². The molecular weight excluding hydrogens is 326 g/mol. The molecule has 0 radical (unpaired) electrons. The van der Waals surface area contributed by atoms with E-state index in [0.717, 1.165) is 12.8 Å². The van der Waals surface area contributed by atoms with Crippen molar-refractivity contribution in [2.45, 2.75) is 25.7 Å². The number of H-pyrrole nitrogens is 1. The summed E-state index contributed by atoms with van der Waals surface area (Å²) in [7, 11) is 0. The van der Waals surface area contributed by atoms with Gasteiger partial charge in [0.05, 0.1) is 6.20 Å². The van der Waals surface area contributed by atoms with Gasteiger partial charge in [-0.2, -0.15) is 10.2 Å². The molecule has 1 aliphatic rings. The number of aromatic amines is 1. The van der Waals surface area contributed by atoms with E-state index in [1.54, 1.807) is 18.3 Å². The highest BCUT2D eigenvalue weighted by atomic mass is 16.2. The highest BCUT2D eigenvalue weighted by Gasteiger charge is 2.28. The smallest absolute Gasteiger partial charge is 0.274 e. The van der Waals surface area contributed by atoms with Gasteiger partial charge in [0.25, 0.3) is 5.91 Å². The van der Waals surface area contributed by atoms with Gasteiger partial charge in [-0.15, -0.1) is 5.10 Å². The molecule has 3 heterocycles. The minimum absolute atomic E-state index is 0.0414. The number of hydrogen-bond acceptors (Lipinski definition) is 4. The number of carbonyl (C=O) groups excluding carboxylic acids is 1. The van der Waals surface area contributed by atoms with Crippen LogP contribution in [0.5, 0.6) is 0 Å². The molecule has 26 heavy (non-hydrogen) atoms. The lowest BCUT2D eigenvalue weighted by atomic mass is 9.88. The maximum atomic E-state index is 12.5. The third kappa shape index (κ3) is 3.10. The molecule has 6 heteroatoms. The number of likely N-dealkylation sites (tertiary alicyclic amines) is 1. The van der Waals surface area contributed by atoms with Crippen LogP contribution in [0.15, 0.2) is 48.8 Å². The average molecular weight is 347 g/mol. The van der Waals surface area contributed by atoms with Crippen molar-refractivity contribution in [2.24, 2.45) is 0 Å². The Morgan fingerprint density at radius 3 is 2.65 bits per heavy atom. The molecule has 0 saturated carbocycles. The number of rotatable bonds is 3. The van der Waals surface area contributed by atoms with Gasteiger partial charge in [0.1, 0.15) is 0 Å². The van der Waals surface area contributed by atoms with Crippen LogP contribution in [0.1, 0.15) is 40.5 Å². The molecule has 1 fully saturated rings. The van der Waals surface area contributed by atoms with Crippen LogP contribution in [0, 0.1) is 6.92 Å². The minimum Gasteiger partial charge on any atom is -0.337 e. The van der Waals surface area contributed by atoms with E-state index in [9.17, 15) is 4.79 Å². The quantitative estimate of drug-likeness (QED) is 0.789. The van der Waals surface area contributed by atoms with E-state index in [-0.39, 0.29) is 5.91 Å². The maximum Gasteiger partial charge on any atom is 0.274 e. The first-order chi connectivity index (χ1) is 12.7. The zero-order valence-corrected chi connectivity index (χ0v) is 14.7. The van der Waals surface area contributed by atoms with Gasteiger partial charge in [-0.25, -0.2) is 0 Å². The Hall–Kier alpha value is -3.02. The van der Waals surface area contributed by atoms with Crippen molar-refractivity contribution in [3.8, 4) is 11.1 Å². The molecule has 1 aliphatic heterocycles. The zero-order chi connectivity index (χ0) is 17.9. The number of benzene rings is 1. The SMILES string of the molecule is Cc1ccccc1-c1cn[nH]c1C1CCN(C(=O)c2cccnn2)CC1. The molecule has 1 saturated heterocycles. The van der Waals surface area contributed by atoms with Crippen LogP contribution in [-0.2, 0) is 0 Å². The van der Waals surface area contributed by atoms with Crippen LogP contribution in [0.4, 0.5) is 0 Å². The number of aromatic nitrogens is 4. The van der Waals surface area contributed by atoms with Crippen LogP contribution in [0.25, 0.3) is 11.1 Å². The van der Waals surface area contributed by atoms with Gasteiger partial charge in [-0.05, 0) is 43.0 Å². The predicted molar refractivity (Wildman–Crippen MR) is 98.7 cm³/mol. The molecule has 0 atom stereocenters. The normalized spacial score (nSPS) is 15.2. The molecule has 132 valence electrons. The summed E-state index contributed by atoms with van der Waals surface area (Å²) in [5, 5.41) is 15.2. The van der Waals surface area contributed by atoms with E-state index < -0.39 is 0 Å². The van der Waals surface area contributed by atoms with Gasteiger partial charge in [0.15, 0.2) is 5.69 Å². The van der Waals surface area contributed by atoms with Gasteiger partial charge in [-0.1, -0.05) is 24.3 Å². The second-order valence-electron chi connectivity index (χ2n) is 6.69. The lowest BCUT2D eigenvalue weighted by Gasteiger charge is -2.31. The Labute approximate surface area is 152 Å². The molecule has 4 rings (SSSR count). The highest BCUT2D eigenvalue weighted by Crippen LogP contribution is 2.35. The summed E-state index contributed by atoms with van der Waals surface area (Å²) in [6, 6.07) is 11.8. The molecule has 3 aromatic rings. The number of piperidine rings is 1. The first-order valence-corrected chi connectivity index (χ1v) is 8.90. The standard InChI is InChI=1S/C20H21N5O/c1-14-5-2-3-6-16(14)17-13-22-24-19(17)15-8-11-25(12-9-15)20(26)18-7-4-10-21-23-18/h2-7,10,13,15H,8-9,11-12H2,1H3,(H,22,24). The van der Waals surface area contributed by atoms with Crippen molar-refractivity contribution in [2.75, 3.05) is 13.1 Å². The summed E-state index contributed by atoms with van der Waals surface area (Å²) in [6.45, 7) is 3.55. The van der Waals surface area contributed by atoms with Crippen LogP contribution >= 0.6 is 0 Å². The van der Waals surface area contributed by atoms with Crippen LogP contribution in [-0.4, -0.2) is 44.3 Å². The van der Waals surface area contributed by atoms with Gasteiger partial charge < -0.3 is 4.90 Å². The Bertz CT molecular complexity index is 897. The highest BCUT2D eigenvalue weighted by molar-refractivity contribution is 5.92. The van der Waals surface area contributed by atoms with E-state index in [1.807, 2.05) is 11.1 Å². The maximum absolute atomic E-state index is 12.5. The van der Waals surface area contributed by atoms with E-state index in [1.165, 1.54) is 22.4 Å². The number of amides is 1. The van der Waals surface area contributed by atoms with Gasteiger partial charge in [0.2, 0.25) is 0 Å². The van der Waals surface area contributed by atoms with Crippen molar-refractivity contribution in [1.29, 1.82) is 0 Å². The third-order valence-corrected chi connectivity index (χ3v) is 5.09. The van der Waals surface area contributed by atoms with E-state index >= 15 is 0 Å². The van der Waals surface area contributed by atoms with E-state index in [0.29, 0.717) is 24.7 Å². The fraction of sp³-hybridized carbons (Fsp3) is 0.300. The summed E-state index contributed by atoms with van der Waals surface area (Å²) >= 11 is 0. The number of carbonyl (C=O) groups is 1. The Morgan fingerprint density at radius 2 is 1.92 bits per heavy atom. The topological polar surface area (TPSA) is 74.8 Å². The summed E-state index contributed by atoms with van der Waals surface area (Å²) in [6.07, 6.45) is 5.31. The summed E-state index contributed by atoms with van der Waals surface area (Å²) in [5.41, 5.74) is 5.21. The molecule has 0 aliphatic carbocycles. The van der Waals surface area contributed by atoms with Crippen LogP contribution in [0.2, 0.25) is 0 Å². The molecule has 0 unspecified atom stereocenters. The number of hydrogen-bond donors (Lipinski definition) is 1. The molecular formula is C20H21N5O. The number of nitrogens with one attached hydrogen (secondary N) is 1. The second kappa shape index (κ2) is 7.07. The minimum atomic E-state index is -0.0414. The Morgan fingerprint density at radius 1 is 1.12 bits per heavy atom. The van der Waals surface area contributed by atoms with E-state index in [4.69, 9.17) is 0 Å². The predicted octanol–water partition coefficient (Wildman–Crippen LogP) is 3.19. The number of aryl methyl sites for hydroxylation is 1. The molecule has 1 aromatic carbocycles. The van der Waals surface area contributed by atoms with Crippen molar-refractivity contribution in [1.82, 2.24) is 25.3 Å². The van der Waals surface area contributed by atoms with Crippen LogP contribution in [0.3, 0.4) is 0 Å². The fourth-order valence-electron chi connectivity index (χ4n) is 3.65.